The predicted octanol–water partition coefficient (Wildman–Crippen LogP) is 1.29. The Morgan fingerprint density at radius 3 is 2.33 bits per heavy atom. The van der Waals surface area contributed by atoms with Crippen molar-refractivity contribution >= 4 is 39.4 Å². The van der Waals surface area contributed by atoms with Crippen molar-refractivity contribution in [2.45, 2.75) is 4.90 Å². The molecule has 0 saturated carbocycles. The largest absolute Gasteiger partial charge is 0.454 e. The topological polar surface area (TPSA) is 113 Å². The molecule has 0 aliphatic carbocycles. The number of hydrogen-bond donors (Lipinski definition) is 1. The van der Waals surface area contributed by atoms with Crippen LogP contribution >= 0.6 is 11.6 Å². The van der Waals surface area contributed by atoms with E-state index in [0.29, 0.717) is 5.02 Å². The molecule has 0 atom stereocenters. The van der Waals surface area contributed by atoms with Crippen LogP contribution in [0, 0.1) is 5.82 Å². The van der Waals surface area contributed by atoms with Gasteiger partial charge in [0.1, 0.15) is 12.4 Å². The van der Waals surface area contributed by atoms with Gasteiger partial charge in [0, 0.05) is 36.8 Å². The summed E-state index contributed by atoms with van der Waals surface area (Å²) < 4.78 is 44.7. The van der Waals surface area contributed by atoms with Crippen molar-refractivity contribution in [2.24, 2.45) is 0 Å². The van der Waals surface area contributed by atoms with Gasteiger partial charge >= 0.3 is 5.97 Å². The number of benzene rings is 2. The lowest BCUT2D eigenvalue weighted by Crippen LogP contribution is -2.51. The highest BCUT2D eigenvalue weighted by molar-refractivity contribution is 7.89. The number of carbonyl (C=O) groups is 3. The number of rotatable bonds is 7. The van der Waals surface area contributed by atoms with Gasteiger partial charge in [0.15, 0.2) is 6.61 Å². The molecule has 9 nitrogen and oxygen atoms in total. The molecule has 1 aliphatic heterocycles. The Labute approximate surface area is 195 Å². The first kappa shape index (κ1) is 24.6. The Balaban J connectivity index is 1.42. The summed E-state index contributed by atoms with van der Waals surface area (Å²) in [6, 6.07) is 10.8. The molecule has 2 amide bonds. The smallest absolute Gasteiger partial charge is 0.325 e. The fraction of sp³-hybridized carbons (Fsp3) is 0.286. The summed E-state index contributed by atoms with van der Waals surface area (Å²) in [7, 11) is -3.71. The lowest BCUT2D eigenvalue weighted by molar-refractivity contribution is -0.151. The van der Waals surface area contributed by atoms with Gasteiger partial charge in [-0.1, -0.05) is 17.7 Å². The standard InChI is InChI=1S/C21H21ClFN3O6S/c22-16-4-6-18(7-5-16)33(30,31)26-10-8-25(9-11-26)19(27)14-32-20(28)13-24-21(29)15-2-1-3-17(23)12-15/h1-7,12H,8-11,13-14H2,(H,24,29). The first-order valence-electron chi connectivity index (χ1n) is 9.90. The Morgan fingerprint density at radius 1 is 1.03 bits per heavy atom. The average Bonchev–Trinajstić information content (AvgIpc) is 2.81. The number of sulfonamides is 1. The molecule has 0 aromatic heterocycles. The van der Waals surface area contributed by atoms with Crippen molar-refractivity contribution in [1.29, 1.82) is 0 Å². The monoisotopic (exact) mass is 497 g/mol. The molecule has 0 bridgehead atoms. The molecule has 12 heteroatoms. The van der Waals surface area contributed by atoms with Crippen molar-refractivity contribution in [3.05, 3.63) is 64.9 Å². The summed E-state index contributed by atoms with van der Waals surface area (Å²) in [6.45, 7) is -0.573. The molecule has 0 unspecified atom stereocenters. The molecule has 2 aromatic carbocycles. The van der Waals surface area contributed by atoms with Crippen LogP contribution in [0.3, 0.4) is 0 Å². The molecule has 0 radical (unpaired) electrons. The van der Waals surface area contributed by atoms with E-state index in [1.54, 1.807) is 0 Å². The molecule has 33 heavy (non-hydrogen) atoms. The summed E-state index contributed by atoms with van der Waals surface area (Å²) >= 11 is 5.80. The Morgan fingerprint density at radius 2 is 1.70 bits per heavy atom. The number of carbonyl (C=O) groups excluding carboxylic acids is 3. The van der Waals surface area contributed by atoms with Crippen LogP contribution in [0.5, 0.6) is 0 Å². The average molecular weight is 498 g/mol. The van der Waals surface area contributed by atoms with Crippen molar-refractivity contribution in [2.75, 3.05) is 39.3 Å². The molecule has 3 rings (SSSR count). The van der Waals surface area contributed by atoms with Gasteiger partial charge in [0.2, 0.25) is 10.0 Å². The molecule has 176 valence electrons. The summed E-state index contributed by atoms with van der Waals surface area (Å²) in [5, 5.41) is 2.71. The van der Waals surface area contributed by atoms with E-state index < -0.39 is 46.8 Å². The quantitative estimate of drug-likeness (QED) is 0.577. The van der Waals surface area contributed by atoms with Gasteiger partial charge in [-0.25, -0.2) is 12.8 Å². The van der Waals surface area contributed by atoms with Crippen molar-refractivity contribution in [3.8, 4) is 0 Å². The van der Waals surface area contributed by atoms with Crippen molar-refractivity contribution in [3.63, 3.8) is 0 Å². The third kappa shape index (κ3) is 6.50. The van der Waals surface area contributed by atoms with E-state index in [0.717, 1.165) is 6.07 Å². The number of halogens is 2. The fourth-order valence-electron chi connectivity index (χ4n) is 3.10. The van der Waals surface area contributed by atoms with Gasteiger partial charge in [-0.2, -0.15) is 4.31 Å². The van der Waals surface area contributed by atoms with Crippen LogP contribution in [0.15, 0.2) is 53.4 Å². The fourth-order valence-corrected chi connectivity index (χ4v) is 4.65. The summed E-state index contributed by atoms with van der Waals surface area (Å²) in [5.41, 5.74) is 0.0466. The Bertz CT molecular complexity index is 1130. The van der Waals surface area contributed by atoms with Crippen LogP contribution in [0.25, 0.3) is 0 Å². The molecule has 0 spiro atoms. The van der Waals surface area contributed by atoms with E-state index >= 15 is 0 Å². The zero-order chi connectivity index (χ0) is 24.0. The van der Waals surface area contributed by atoms with E-state index in [2.05, 4.69) is 5.32 Å². The molecular weight excluding hydrogens is 477 g/mol. The van der Waals surface area contributed by atoms with Crippen LogP contribution in [0.2, 0.25) is 5.02 Å². The third-order valence-electron chi connectivity index (χ3n) is 4.88. The highest BCUT2D eigenvalue weighted by Gasteiger charge is 2.30. The number of nitrogens with zero attached hydrogens (tertiary/aromatic N) is 2. The normalized spacial score (nSPS) is 14.5. The highest BCUT2D eigenvalue weighted by atomic mass is 35.5. The van der Waals surface area contributed by atoms with Gasteiger partial charge < -0.3 is 15.0 Å². The second-order valence-corrected chi connectivity index (χ2v) is 9.47. The minimum Gasteiger partial charge on any atom is -0.454 e. The van der Waals surface area contributed by atoms with Crippen LogP contribution < -0.4 is 5.32 Å². The first-order chi connectivity index (χ1) is 15.7. The first-order valence-corrected chi connectivity index (χ1v) is 11.7. The number of hydrogen-bond acceptors (Lipinski definition) is 6. The number of ether oxygens (including phenoxy) is 1. The highest BCUT2D eigenvalue weighted by Crippen LogP contribution is 2.20. The van der Waals surface area contributed by atoms with E-state index in [1.807, 2.05) is 0 Å². The molecule has 1 saturated heterocycles. The van der Waals surface area contributed by atoms with Crippen molar-refractivity contribution < 1.29 is 31.9 Å². The number of esters is 1. The summed E-state index contributed by atoms with van der Waals surface area (Å²) in [5.74, 6) is -2.56. The summed E-state index contributed by atoms with van der Waals surface area (Å²) in [6.07, 6.45) is 0. The van der Waals surface area contributed by atoms with E-state index in [9.17, 15) is 27.2 Å². The number of piperazine rings is 1. The van der Waals surface area contributed by atoms with Gasteiger partial charge in [0.05, 0.1) is 4.90 Å². The number of amides is 2. The van der Waals surface area contributed by atoms with E-state index in [-0.39, 0.29) is 36.6 Å². The molecule has 1 aliphatic rings. The van der Waals surface area contributed by atoms with Gasteiger partial charge in [-0.05, 0) is 42.5 Å². The maximum absolute atomic E-state index is 13.1. The zero-order valence-electron chi connectivity index (χ0n) is 17.4. The lowest BCUT2D eigenvalue weighted by atomic mass is 10.2. The minimum atomic E-state index is -3.71. The van der Waals surface area contributed by atoms with Gasteiger partial charge in [0.25, 0.3) is 11.8 Å². The maximum Gasteiger partial charge on any atom is 0.325 e. The van der Waals surface area contributed by atoms with E-state index in [4.69, 9.17) is 16.3 Å². The van der Waals surface area contributed by atoms with Gasteiger partial charge in [-0.15, -0.1) is 0 Å². The second-order valence-electron chi connectivity index (χ2n) is 7.09. The van der Waals surface area contributed by atoms with E-state index in [1.165, 1.54) is 51.7 Å². The second kappa shape index (κ2) is 10.7. The lowest BCUT2D eigenvalue weighted by Gasteiger charge is -2.33. The molecule has 2 aromatic rings. The maximum atomic E-state index is 13.1. The molecule has 1 N–H and O–H groups in total. The Kier molecular flexibility index (Phi) is 8.01. The van der Waals surface area contributed by atoms with Crippen LogP contribution in [-0.4, -0.2) is 74.7 Å². The molecular formula is C21H21ClFN3O6S. The molecule has 1 fully saturated rings. The van der Waals surface area contributed by atoms with Gasteiger partial charge in [-0.3, -0.25) is 14.4 Å². The molecule has 1 heterocycles. The summed E-state index contributed by atoms with van der Waals surface area (Å²) in [4.78, 5) is 37.5. The van der Waals surface area contributed by atoms with Crippen molar-refractivity contribution in [1.82, 2.24) is 14.5 Å². The Hall–Kier alpha value is -3.02. The minimum absolute atomic E-state index is 0.0466. The van der Waals surface area contributed by atoms with Crippen LogP contribution in [0.1, 0.15) is 10.4 Å². The van der Waals surface area contributed by atoms with Crippen LogP contribution in [-0.2, 0) is 24.3 Å². The SMILES string of the molecule is O=C(CNC(=O)c1cccc(F)c1)OCC(=O)N1CCN(S(=O)(=O)c2ccc(Cl)cc2)CC1. The van der Waals surface area contributed by atoms with Crippen LogP contribution in [0.4, 0.5) is 4.39 Å². The predicted molar refractivity (Wildman–Crippen MR) is 116 cm³/mol. The number of nitrogens with one attached hydrogen (secondary N) is 1. The zero-order valence-corrected chi connectivity index (χ0v) is 18.9. The third-order valence-corrected chi connectivity index (χ3v) is 7.04.